The lowest BCUT2D eigenvalue weighted by atomic mass is 9.22. The lowest BCUT2D eigenvalue weighted by Crippen LogP contribution is -2.71. The Morgan fingerprint density at radius 3 is 0.952 bits per heavy atom. The quantitative estimate of drug-likeness (QED) is 0.499. The van der Waals surface area contributed by atoms with Gasteiger partial charge >= 0.3 is 0 Å². The molecule has 4 aromatic heterocycles. The summed E-state index contributed by atoms with van der Waals surface area (Å²) in [5.74, 6) is 0. The van der Waals surface area contributed by atoms with Crippen LogP contribution in [0.2, 0.25) is 0 Å². The lowest BCUT2D eigenvalue weighted by Gasteiger charge is -2.38. The van der Waals surface area contributed by atoms with Crippen molar-refractivity contribution in [3.05, 3.63) is 70.1 Å². The molecule has 0 fully saturated rings. The Morgan fingerprint density at radius 2 is 0.762 bits per heavy atom. The number of hydrogen-bond donors (Lipinski definition) is 0. The summed E-state index contributed by atoms with van der Waals surface area (Å²) in [5.41, 5.74) is 0. The summed E-state index contributed by atoms with van der Waals surface area (Å²) in [4.78, 5) is 0. The maximum Gasteiger partial charge on any atom is 0.149 e. The molecule has 4 heterocycles. The molecule has 5 heteroatoms. The molecule has 0 aromatic carbocycles. The van der Waals surface area contributed by atoms with E-state index in [2.05, 4.69) is 70.1 Å². The Balaban J connectivity index is 2.10. The van der Waals surface area contributed by atoms with Crippen LogP contribution in [-0.2, 0) is 0 Å². The number of rotatable bonds is 4. The molecule has 0 radical (unpaired) electrons. The molecule has 0 aliphatic carbocycles. The van der Waals surface area contributed by atoms with Gasteiger partial charge in [-0.1, -0.05) is 48.5 Å². The molecule has 4 rings (SSSR count). The average Bonchev–Trinajstić information content (AvgIpc) is 3.32. The van der Waals surface area contributed by atoms with Crippen LogP contribution in [0.3, 0.4) is 0 Å². The average molecular weight is 343 g/mol. The third-order valence-electron chi connectivity index (χ3n) is 3.88. The van der Waals surface area contributed by atoms with Crippen LogP contribution in [0.15, 0.2) is 70.1 Å². The zero-order valence-corrected chi connectivity index (χ0v) is 14.4. The molecule has 0 saturated heterocycles. The first-order valence-electron chi connectivity index (χ1n) is 6.74. The minimum absolute atomic E-state index is 0.981. The largest absolute Gasteiger partial charge is 0.190 e. The van der Waals surface area contributed by atoms with Crippen molar-refractivity contribution in [1.29, 1.82) is 0 Å². The van der Waals surface area contributed by atoms with Crippen molar-refractivity contribution in [2.75, 3.05) is 0 Å². The minimum atomic E-state index is -0.981. The van der Waals surface area contributed by atoms with Gasteiger partial charge in [0.05, 0.1) is 0 Å². The van der Waals surface area contributed by atoms with Crippen LogP contribution in [0.1, 0.15) is 0 Å². The summed E-state index contributed by atoms with van der Waals surface area (Å²) >= 11 is 7.49. The fourth-order valence-corrected chi connectivity index (χ4v) is 7.67. The molecule has 21 heavy (non-hydrogen) atoms. The van der Waals surface area contributed by atoms with Crippen LogP contribution < -0.4 is 19.1 Å². The maximum atomic E-state index is 2.30. The molecule has 0 aliphatic heterocycles. The number of thiophene rings is 4. The normalized spacial score (nSPS) is 11.8. The fourth-order valence-electron chi connectivity index (χ4n) is 2.99. The molecule has 0 aliphatic rings. The molecule has 0 amide bonds. The van der Waals surface area contributed by atoms with E-state index in [1.54, 1.807) is 0 Å². The number of hydrogen-bond acceptors (Lipinski definition) is 4. The second kappa shape index (κ2) is 5.57. The van der Waals surface area contributed by atoms with Crippen LogP contribution in [0, 0.1) is 0 Å². The van der Waals surface area contributed by atoms with Crippen LogP contribution in [-0.4, -0.2) is 6.15 Å². The van der Waals surface area contributed by atoms with Gasteiger partial charge in [0.1, 0.15) is 6.15 Å². The highest BCUT2D eigenvalue weighted by Gasteiger charge is 2.35. The summed E-state index contributed by atoms with van der Waals surface area (Å²) in [6.07, 6.45) is -0.981. The monoisotopic (exact) mass is 343 g/mol. The van der Waals surface area contributed by atoms with Gasteiger partial charge < -0.3 is 0 Å². The highest BCUT2D eigenvalue weighted by molar-refractivity contribution is 7.52. The third kappa shape index (κ3) is 2.07. The second-order valence-electron chi connectivity index (χ2n) is 4.93. The van der Waals surface area contributed by atoms with Crippen molar-refractivity contribution in [2.24, 2.45) is 0 Å². The highest BCUT2D eigenvalue weighted by Crippen LogP contribution is 2.18. The van der Waals surface area contributed by atoms with Crippen molar-refractivity contribution in [3.63, 3.8) is 0 Å². The first kappa shape index (κ1) is 13.5. The molecule has 104 valence electrons. The second-order valence-corrected chi connectivity index (χ2v) is 8.84. The van der Waals surface area contributed by atoms with Gasteiger partial charge in [-0.3, -0.25) is 0 Å². The summed E-state index contributed by atoms with van der Waals surface area (Å²) in [5, 5.41) is 8.78. The van der Waals surface area contributed by atoms with Crippen molar-refractivity contribution < 1.29 is 0 Å². The molecular weight excluding hydrogens is 331 g/mol. The standard InChI is InChI=1S/C16H12BS4/c1-5-13(18-9-1)17(14-6-2-10-19-14,15-7-3-11-20-15)16-8-4-12-21-16/h1-12H/q-1. The van der Waals surface area contributed by atoms with E-state index in [1.165, 1.54) is 19.1 Å². The Labute approximate surface area is 140 Å². The molecular formula is C16H12BS4-. The van der Waals surface area contributed by atoms with Gasteiger partial charge in [0.15, 0.2) is 0 Å². The predicted molar refractivity (Wildman–Crippen MR) is 102 cm³/mol. The molecule has 0 saturated carbocycles. The van der Waals surface area contributed by atoms with Crippen LogP contribution in [0.4, 0.5) is 0 Å². The summed E-state index contributed by atoms with van der Waals surface area (Å²) < 4.78 is 5.84. The van der Waals surface area contributed by atoms with E-state index in [9.17, 15) is 0 Å². The van der Waals surface area contributed by atoms with E-state index in [0.717, 1.165) is 0 Å². The van der Waals surface area contributed by atoms with Crippen molar-refractivity contribution in [1.82, 2.24) is 0 Å². The van der Waals surface area contributed by atoms with E-state index in [4.69, 9.17) is 0 Å². The lowest BCUT2D eigenvalue weighted by molar-refractivity contribution is 1.96. The van der Waals surface area contributed by atoms with Gasteiger partial charge in [0.2, 0.25) is 0 Å². The summed E-state index contributed by atoms with van der Waals surface area (Å²) in [7, 11) is 0. The van der Waals surface area contributed by atoms with Crippen LogP contribution in [0.25, 0.3) is 0 Å². The van der Waals surface area contributed by atoms with E-state index in [1.807, 2.05) is 45.3 Å². The Kier molecular flexibility index (Phi) is 3.59. The maximum absolute atomic E-state index is 2.30. The molecule has 0 N–H and O–H groups in total. The van der Waals surface area contributed by atoms with Gasteiger partial charge in [-0.25, -0.2) is 0 Å². The molecule has 0 spiro atoms. The van der Waals surface area contributed by atoms with Crippen LogP contribution >= 0.6 is 45.3 Å². The SMILES string of the molecule is c1csc([B-](c2cccs2)(c2cccs2)c2cccs2)c1. The molecule has 0 unspecified atom stereocenters. The molecule has 0 atom stereocenters. The zero-order valence-electron chi connectivity index (χ0n) is 11.1. The predicted octanol–water partition coefficient (Wildman–Crippen LogP) is 3.31. The first-order valence-corrected chi connectivity index (χ1v) is 10.3. The van der Waals surface area contributed by atoms with Gasteiger partial charge in [0, 0.05) is 0 Å². The summed E-state index contributed by atoms with van der Waals surface area (Å²) in [6.45, 7) is 0. The van der Waals surface area contributed by atoms with E-state index in [0.29, 0.717) is 0 Å². The van der Waals surface area contributed by atoms with E-state index >= 15 is 0 Å². The highest BCUT2D eigenvalue weighted by atomic mass is 32.1. The van der Waals surface area contributed by atoms with Gasteiger partial charge in [0.25, 0.3) is 0 Å². The van der Waals surface area contributed by atoms with Gasteiger partial charge in [-0.05, 0) is 21.5 Å². The Bertz CT molecular complexity index is 638. The van der Waals surface area contributed by atoms with E-state index in [-0.39, 0.29) is 0 Å². The Hall–Kier alpha value is -1.14. The van der Waals surface area contributed by atoms with Gasteiger partial charge in [-0.15, -0.1) is 19.1 Å². The van der Waals surface area contributed by atoms with Crippen molar-refractivity contribution >= 4 is 70.6 Å². The topological polar surface area (TPSA) is 0 Å². The van der Waals surface area contributed by atoms with E-state index < -0.39 is 6.15 Å². The van der Waals surface area contributed by atoms with Crippen molar-refractivity contribution in [2.45, 2.75) is 0 Å². The smallest absolute Gasteiger partial charge is 0.149 e. The third-order valence-corrected chi connectivity index (χ3v) is 8.10. The first-order chi connectivity index (χ1) is 10.4. The van der Waals surface area contributed by atoms with Crippen molar-refractivity contribution in [3.8, 4) is 0 Å². The minimum Gasteiger partial charge on any atom is -0.190 e. The summed E-state index contributed by atoms with van der Waals surface area (Å²) in [6, 6.07) is 17.9. The Morgan fingerprint density at radius 1 is 0.476 bits per heavy atom. The van der Waals surface area contributed by atoms with Gasteiger partial charge in [-0.2, -0.15) is 45.3 Å². The zero-order chi connectivity index (χ0) is 14.1. The molecule has 0 bridgehead atoms. The molecule has 0 nitrogen and oxygen atoms in total. The molecule has 4 aromatic rings. The fraction of sp³-hybridized carbons (Fsp3) is 0. The van der Waals surface area contributed by atoms with Crippen LogP contribution in [0.5, 0.6) is 0 Å².